The van der Waals surface area contributed by atoms with Crippen LogP contribution in [0.4, 0.5) is 5.82 Å². The number of hydrogen-bond acceptors (Lipinski definition) is 19. The van der Waals surface area contributed by atoms with Crippen LogP contribution in [0.25, 0.3) is 11.2 Å². The van der Waals surface area contributed by atoms with Gasteiger partial charge in [0.2, 0.25) is 11.8 Å². The second-order valence-corrected chi connectivity index (χ2v) is 26.1. The van der Waals surface area contributed by atoms with Gasteiger partial charge < -0.3 is 56.0 Å². The Kier molecular flexibility index (Phi) is 33.0. The zero-order valence-corrected chi connectivity index (χ0v) is 49.3. The minimum absolute atomic E-state index is 0.0276. The van der Waals surface area contributed by atoms with Crippen molar-refractivity contribution in [2.75, 3.05) is 37.8 Å². The number of nitrogens with two attached hydrogens (primary N) is 1. The molecule has 0 aliphatic carbocycles. The first-order valence-electron chi connectivity index (χ1n) is 27.7. The fraction of sp³-hybridized carbons (Fsp3) is 0.837. The Balaban J connectivity index is 1.20. The number of thioether (sulfide) groups is 1. The molecule has 29 heteroatoms. The van der Waals surface area contributed by atoms with Gasteiger partial charge in [-0.05, 0) is 6.42 Å². The Morgan fingerprint density at radius 3 is 1.83 bits per heavy atom. The van der Waals surface area contributed by atoms with E-state index in [1.54, 1.807) is 0 Å². The first-order chi connectivity index (χ1) is 36.9. The molecule has 1 saturated heterocycles. The van der Waals surface area contributed by atoms with Crippen LogP contribution in [-0.4, -0.2) is 134 Å². The number of aromatic nitrogens is 4. The molecule has 25 nitrogen and oxygen atoms in total. The van der Waals surface area contributed by atoms with E-state index in [0.717, 1.165) is 48.2 Å². The Morgan fingerprint density at radius 2 is 1.29 bits per heavy atom. The topological polar surface area (TPSA) is 384 Å². The minimum Gasteiger partial charge on any atom is -0.393 e. The van der Waals surface area contributed by atoms with Crippen LogP contribution in [0.15, 0.2) is 12.7 Å². The molecular weight excluding hydrogens is 1100 g/mol. The number of anilines is 1. The lowest BCUT2D eigenvalue weighted by Gasteiger charge is -2.30. The number of aliphatic hydroxyl groups is 3. The number of aliphatic hydroxyl groups excluding tert-OH is 3. The van der Waals surface area contributed by atoms with Crippen molar-refractivity contribution in [3.8, 4) is 0 Å². The van der Waals surface area contributed by atoms with Crippen molar-refractivity contribution in [3.05, 3.63) is 12.7 Å². The Hall–Kier alpha value is -2.48. The van der Waals surface area contributed by atoms with Crippen LogP contribution < -0.4 is 16.4 Å². The molecule has 0 bridgehead atoms. The van der Waals surface area contributed by atoms with Gasteiger partial charge in [-0.3, -0.25) is 32.5 Å². The molecular formula is C49H90N7O18P3S. The number of nitrogen functional groups attached to an aromatic ring is 1. The van der Waals surface area contributed by atoms with Gasteiger partial charge in [0.25, 0.3) is 0 Å². The Morgan fingerprint density at radius 1 is 0.769 bits per heavy atom. The third-order valence-corrected chi connectivity index (χ3v) is 17.3. The van der Waals surface area contributed by atoms with E-state index in [1.165, 1.54) is 142 Å². The first-order valence-corrected chi connectivity index (χ1v) is 33.2. The molecule has 78 heavy (non-hydrogen) atoms. The van der Waals surface area contributed by atoms with Crippen molar-refractivity contribution >= 4 is 69.1 Å². The van der Waals surface area contributed by atoms with E-state index in [4.69, 9.17) is 19.5 Å². The van der Waals surface area contributed by atoms with Crippen LogP contribution in [-0.2, 0) is 50.7 Å². The number of carbonyl (C=O) groups excluding carboxylic acids is 3. The molecule has 1 aliphatic heterocycles. The van der Waals surface area contributed by atoms with Gasteiger partial charge in [-0.15, -0.1) is 0 Å². The molecule has 3 rings (SSSR count). The largest absolute Gasteiger partial charge is 0.481 e. The number of rotatable bonds is 45. The van der Waals surface area contributed by atoms with Crippen LogP contribution in [0.3, 0.4) is 0 Å². The van der Waals surface area contributed by atoms with Gasteiger partial charge >= 0.3 is 23.5 Å². The van der Waals surface area contributed by atoms with E-state index in [9.17, 15) is 63.0 Å². The standard InChI is InChI=1S/C49H90N7O18P3S/c1-4-5-6-7-8-9-10-11-12-13-14-15-16-17-18-19-20-21-22-23-24-25-26-27-37(57)32-40(59)78-31-30-51-39(58)28-29-52-47(62)44(61)49(2,3)34-71-77(68,69)74-76(66,67)70-33-38-43(73-75(63,64)65)42(60)48(72-38)56-36-55-41-45(50)53-35-54-46(41)56/h35-38,42-44,48,57,60-61H,4-34H2,1-3H3,(H,51,58)(H,52,62)(H,66,67)(H,68,69)(H2,50,53,54)(H2,63,64,65)/t37-,38-,42-,43-,44+,48-/m1/s1. The number of nitrogens with one attached hydrogen (secondary N) is 2. The SMILES string of the molecule is CCCCCCCCCCCCCCCCCCCCCCCCC[C@@H](O)CC(=O)SCCNC(=O)CCNC(=O)[C@H](O)C(C)(C)COP(=O)(O)OP(=O)(O)OC[C@H]1O[C@@H](n2cnc3c(N)ncnc32)[C@H](O)[C@@H]1OP(=O)(O)O. The van der Waals surface area contributed by atoms with Crippen LogP contribution >= 0.6 is 35.2 Å². The molecule has 8 atom stereocenters. The zero-order valence-electron chi connectivity index (χ0n) is 45.8. The molecule has 0 spiro atoms. The summed E-state index contributed by atoms with van der Waals surface area (Å²) in [5.74, 6) is -1.21. The predicted molar refractivity (Wildman–Crippen MR) is 294 cm³/mol. The summed E-state index contributed by atoms with van der Waals surface area (Å²) in [7, 11) is -16.4. The minimum atomic E-state index is -5.59. The van der Waals surface area contributed by atoms with Gasteiger partial charge in [0, 0.05) is 37.1 Å². The number of hydrogen-bond donors (Lipinski definition) is 10. The molecule has 0 aromatic carbocycles. The molecule has 1 fully saturated rings. The van der Waals surface area contributed by atoms with E-state index in [2.05, 4.69) is 41.3 Å². The fourth-order valence-electron chi connectivity index (χ4n) is 8.81. The van der Waals surface area contributed by atoms with Crippen molar-refractivity contribution in [2.45, 2.75) is 224 Å². The summed E-state index contributed by atoms with van der Waals surface area (Å²) in [6.45, 7) is 2.69. The maximum absolute atomic E-state index is 12.8. The molecule has 450 valence electrons. The van der Waals surface area contributed by atoms with Crippen LogP contribution in [0, 0.1) is 5.41 Å². The lowest BCUT2D eigenvalue weighted by molar-refractivity contribution is -0.137. The third-order valence-electron chi connectivity index (χ3n) is 13.3. The van der Waals surface area contributed by atoms with E-state index in [-0.39, 0.29) is 53.8 Å². The van der Waals surface area contributed by atoms with Crippen molar-refractivity contribution in [1.82, 2.24) is 30.2 Å². The number of phosphoric acid groups is 3. The lowest BCUT2D eigenvalue weighted by atomic mass is 9.87. The summed E-state index contributed by atoms with van der Waals surface area (Å²) in [6, 6.07) is 0. The number of unbranched alkanes of at least 4 members (excludes halogenated alkanes) is 22. The van der Waals surface area contributed by atoms with Crippen molar-refractivity contribution in [1.29, 1.82) is 0 Å². The number of amides is 2. The summed E-state index contributed by atoms with van der Waals surface area (Å²) >= 11 is 1.01. The quantitative estimate of drug-likeness (QED) is 0.0223. The van der Waals surface area contributed by atoms with Gasteiger partial charge in [-0.1, -0.05) is 180 Å². The average Bonchev–Trinajstić information content (AvgIpc) is 4.01. The van der Waals surface area contributed by atoms with Gasteiger partial charge in [0.15, 0.2) is 22.8 Å². The molecule has 0 radical (unpaired) electrons. The lowest BCUT2D eigenvalue weighted by Crippen LogP contribution is -2.46. The number of phosphoric ester groups is 3. The van der Waals surface area contributed by atoms with Gasteiger partial charge in [0.1, 0.15) is 36.3 Å². The summed E-state index contributed by atoms with van der Waals surface area (Å²) in [5.41, 5.74) is 4.27. The highest BCUT2D eigenvalue weighted by Gasteiger charge is 2.50. The highest BCUT2D eigenvalue weighted by molar-refractivity contribution is 8.13. The van der Waals surface area contributed by atoms with Crippen LogP contribution in [0.2, 0.25) is 0 Å². The Bertz CT molecular complexity index is 2210. The van der Waals surface area contributed by atoms with Crippen molar-refractivity contribution < 1.29 is 85.6 Å². The molecule has 2 unspecified atom stereocenters. The second kappa shape index (κ2) is 36.9. The average molecular weight is 1190 g/mol. The summed E-state index contributed by atoms with van der Waals surface area (Å²) in [4.78, 5) is 88.8. The van der Waals surface area contributed by atoms with E-state index in [1.807, 2.05) is 0 Å². The molecule has 2 aromatic rings. The predicted octanol–water partition coefficient (Wildman–Crippen LogP) is 7.80. The maximum atomic E-state index is 12.8. The molecule has 2 amide bonds. The summed E-state index contributed by atoms with van der Waals surface area (Å²) < 4.78 is 62.6. The highest BCUT2D eigenvalue weighted by Crippen LogP contribution is 2.61. The monoisotopic (exact) mass is 1190 g/mol. The third kappa shape index (κ3) is 28.5. The smallest absolute Gasteiger partial charge is 0.393 e. The molecule has 3 heterocycles. The fourth-order valence-corrected chi connectivity index (χ4v) is 12.4. The second-order valence-electron chi connectivity index (χ2n) is 20.7. The molecule has 1 aliphatic rings. The summed E-state index contributed by atoms with van der Waals surface area (Å²) in [5, 5.41) is 36.8. The van der Waals surface area contributed by atoms with Crippen molar-refractivity contribution in [2.24, 2.45) is 5.41 Å². The Labute approximate surface area is 463 Å². The molecule has 2 aromatic heterocycles. The first kappa shape index (κ1) is 69.8. The number of fused-ring (bicyclic) bond motifs is 1. The number of ether oxygens (including phenoxy) is 1. The van der Waals surface area contributed by atoms with Crippen molar-refractivity contribution in [3.63, 3.8) is 0 Å². The summed E-state index contributed by atoms with van der Waals surface area (Å²) in [6.07, 6.45) is 23.1. The van der Waals surface area contributed by atoms with Gasteiger partial charge in [-0.2, -0.15) is 4.31 Å². The van der Waals surface area contributed by atoms with Crippen LogP contribution in [0.1, 0.15) is 194 Å². The normalized spacial score (nSPS) is 19.4. The van der Waals surface area contributed by atoms with Gasteiger partial charge in [0.05, 0.1) is 25.6 Å². The maximum Gasteiger partial charge on any atom is 0.481 e. The molecule has 0 saturated carbocycles. The van der Waals surface area contributed by atoms with E-state index < -0.39 is 90.7 Å². The number of nitrogens with zero attached hydrogens (tertiary/aromatic N) is 4. The zero-order chi connectivity index (χ0) is 57.6. The number of carbonyl (C=O) groups is 3. The van der Waals surface area contributed by atoms with E-state index >= 15 is 0 Å². The molecule has 11 N–H and O–H groups in total. The van der Waals surface area contributed by atoms with E-state index in [0.29, 0.717) is 6.42 Å². The highest BCUT2D eigenvalue weighted by atomic mass is 32.2. The van der Waals surface area contributed by atoms with Gasteiger partial charge in [-0.25, -0.2) is 28.6 Å². The number of imidazole rings is 1. The van der Waals surface area contributed by atoms with Crippen LogP contribution in [0.5, 0.6) is 0 Å².